The number of carboxylic acids is 1. The van der Waals surface area contributed by atoms with Gasteiger partial charge in [0.25, 0.3) is 0 Å². The summed E-state index contributed by atoms with van der Waals surface area (Å²) in [6.45, 7) is 2.80. The van der Waals surface area contributed by atoms with Crippen molar-refractivity contribution in [1.82, 2.24) is 19.2 Å². The van der Waals surface area contributed by atoms with Crippen molar-refractivity contribution >= 4 is 44.5 Å². The summed E-state index contributed by atoms with van der Waals surface area (Å²) in [6.07, 6.45) is 5.19. The number of carbonyl (C=O) groups is 2. The number of aromatic carboxylic acids is 1. The number of aromatic nitrogens is 3. The second kappa shape index (κ2) is 10.4. The molecule has 1 aromatic carbocycles. The third-order valence-electron chi connectivity index (χ3n) is 4.17. The highest BCUT2D eigenvalue weighted by Crippen LogP contribution is 2.31. The molecule has 3 rings (SSSR count). The van der Waals surface area contributed by atoms with Gasteiger partial charge >= 0.3 is 12.0 Å². The summed E-state index contributed by atoms with van der Waals surface area (Å²) in [5.41, 5.74) is -0.0456. The first-order valence-electron chi connectivity index (χ1n) is 9.13. The molecule has 0 aliphatic heterocycles. The van der Waals surface area contributed by atoms with Crippen molar-refractivity contribution in [3.8, 4) is 5.88 Å². The monoisotopic (exact) mass is 511 g/mol. The van der Waals surface area contributed by atoms with Gasteiger partial charge in [-0.3, -0.25) is 5.32 Å². The van der Waals surface area contributed by atoms with Gasteiger partial charge in [0, 0.05) is 35.5 Å². The molecule has 0 aliphatic rings. The predicted molar refractivity (Wildman–Crippen MR) is 116 cm³/mol. The minimum atomic E-state index is -1.32. The smallest absolute Gasteiger partial charge is 0.344 e. The molecule has 2 aromatic heterocycles. The number of urea groups is 1. The lowest BCUT2D eigenvalue weighted by Crippen LogP contribution is -2.33. The van der Waals surface area contributed by atoms with Crippen molar-refractivity contribution in [3.63, 3.8) is 0 Å². The van der Waals surface area contributed by atoms with Gasteiger partial charge < -0.3 is 19.7 Å². The van der Waals surface area contributed by atoms with E-state index in [4.69, 9.17) is 4.74 Å². The van der Waals surface area contributed by atoms with Crippen molar-refractivity contribution in [2.75, 3.05) is 11.9 Å². The number of rotatable bonds is 9. The van der Waals surface area contributed by atoms with Crippen LogP contribution >= 0.6 is 27.5 Å². The van der Waals surface area contributed by atoms with Gasteiger partial charge in [0.2, 0.25) is 5.88 Å². The number of hydrogen-bond donors (Lipinski definition) is 3. The molecule has 3 N–H and O–H groups in total. The van der Waals surface area contributed by atoms with Gasteiger partial charge in [0.05, 0.1) is 6.33 Å². The number of amides is 2. The third-order valence-corrected chi connectivity index (χ3v) is 5.41. The summed E-state index contributed by atoms with van der Waals surface area (Å²) in [5, 5.41) is 14.7. The van der Waals surface area contributed by atoms with Crippen LogP contribution in [-0.2, 0) is 13.2 Å². The topological polar surface area (TPSA) is 118 Å². The first kappa shape index (κ1) is 22.7. The molecule has 12 heteroatoms. The fourth-order valence-corrected chi connectivity index (χ4v) is 3.72. The van der Waals surface area contributed by atoms with Gasteiger partial charge in [-0.1, -0.05) is 28.9 Å². The van der Waals surface area contributed by atoms with Crippen LogP contribution in [0.25, 0.3) is 0 Å². The van der Waals surface area contributed by atoms with E-state index in [1.165, 1.54) is 12.1 Å². The van der Waals surface area contributed by atoms with E-state index in [2.05, 4.69) is 35.9 Å². The maximum atomic E-state index is 13.9. The summed E-state index contributed by atoms with van der Waals surface area (Å²) in [4.78, 5) is 27.9. The summed E-state index contributed by atoms with van der Waals surface area (Å²) in [6, 6.07) is 3.88. The van der Waals surface area contributed by atoms with E-state index in [1.54, 1.807) is 18.6 Å². The second-order valence-electron chi connectivity index (χ2n) is 6.72. The summed E-state index contributed by atoms with van der Waals surface area (Å²) < 4.78 is 25.8. The van der Waals surface area contributed by atoms with Crippen molar-refractivity contribution in [1.29, 1.82) is 0 Å². The van der Waals surface area contributed by atoms with Gasteiger partial charge in [0.1, 0.15) is 17.4 Å². The average Bonchev–Trinajstić information content (AvgIpc) is 3.35. The van der Waals surface area contributed by atoms with Crippen LogP contribution in [0.15, 0.2) is 41.4 Å². The van der Waals surface area contributed by atoms with Crippen molar-refractivity contribution in [2.45, 2.75) is 20.1 Å². The largest absolute Gasteiger partial charge is 0.477 e. The lowest BCUT2D eigenvalue weighted by atomic mass is 10.2. The number of ether oxygens (including phenoxy) is 1. The molecule has 9 nitrogen and oxygen atoms in total. The highest BCUT2D eigenvalue weighted by atomic mass is 79.9. The maximum Gasteiger partial charge on any atom is 0.344 e. The van der Waals surface area contributed by atoms with Crippen molar-refractivity contribution in [2.24, 2.45) is 5.92 Å². The van der Waals surface area contributed by atoms with E-state index >= 15 is 0 Å². The molecule has 3 aromatic rings. The minimum Gasteiger partial charge on any atom is -0.477 e. The fraction of sp³-hybridized carbons (Fsp3) is 0.263. The van der Waals surface area contributed by atoms with Gasteiger partial charge in [-0.05, 0) is 29.6 Å². The molecule has 0 bridgehead atoms. The molecular formula is C19H19BrFN5O4S. The van der Waals surface area contributed by atoms with Crippen LogP contribution in [0.2, 0.25) is 0 Å². The molecule has 0 aliphatic carbocycles. The number of carboxylic acid groups (broad SMARTS) is 1. The minimum absolute atomic E-state index is 0.0264. The Morgan fingerprint density at radius 3 is 2.90 bits per heavy atom. The highest BCUT2D eigenvalue weighted by molar-refractivity contribution is 9.10. The Balaban J connectivity index is 1.59. The molecule has 0 spiro atoms. The summed E-state index contributed by atoms with van der Waals surface area (Å²) in [7, 11) is 0. The van der Waals surface area contributed by atoms with Crippen LogP contribution in [0, 0.1) is 11.7 Å². The molecule has 2 amide bonds. The Labute approximate surface area is 189 Å². The first-order valence-corrected chi connectivity index (χ1v) is 10.7. The average molecular weight is 512 g/mol. The Bertz CT molecular complexity index is 1060. The molecule has 31 heavy (non-hydrogen) atoms. The van der Waals surface area contributed by atoms with E-state index in [-0.39, 0.29) is 34.5 Å². The Kier molecular flexibility index (Phi) is 7.58. The number of halogens is 2. The third kappa shape index (κ3) is 6.25. The van der Waals surface area contributed by atoms with E-state index in [9.17, 15) is 19.1 Å². The number of benzene rings is 1. The zero-order valence-electron chi connectivity index (χ0n) is 16.3. The zero-order chi connectivity index (χ0) is 22.4. The number of imidazole rings is 1. The van der Waals surface area contributed by atoms with Gasteiger partial charge in [-0.25, -0.2) is 19.0 Å². The van der Waals surface area contributed by atoms with E-state index in [0.717, 1.165) is 11.5 Å². The quantitative estimate of drug-likeness (QED) is 0.399. The molecule has 1 unspecified atom stereocenters. The fourth-order valence-electron chi connectivity index (χ4n) is 2.67. The molecule has 0 fully saturated rings. The molecule has 0 saturated carbocycles. The lowest BCUT2D eigenvalue weighted by Gasteiger charge is -2.13. The highest BCUT2D eigenvalue weighted by Gasteiger charge is 2.24. The van der Waals surface area contributed by atoms with E-state index in [1.807, 2.05) is 17.7 Å². The summed E-state index contributed by atoms with van der Waals surface area (Å²) in [5.74, 6) is -1.88. The van der Waals surface area contributed by atoms with Crippen LogP contribution < -0.4 is 15.4 Å². The number of carbonyl (C=O) groups excluding carboxylic acids is 1. The number of anilines is 1. The Morgan fingerprint density at radius 1 is 1.42 bits per heavy atom. The predicted octanol–water partition coefficient (Wildman–Crippen LogP) is 3.98. The van der Waals surface area contributed by atoms with E-state index in [0.29, 0.717) is 17.6 Å². The van der Waals surface area contributed by atoms with Crippen LogP contribution in [0.4, 0.5) is 14.2 Å². The van der Waals surface area contributed by atoms with Crippen LogP contribution in [0.5, 0.6) is 5.88 Å². The molecule has 1 atom stereocenters. The number of nitrogens with zero attached hydrogens (tertiary/aromatic N) is 3. The lowest BCUT2D eigenvalue weighted by molar-refractivity contribution is 0.0693. The van der Waals surface area contributed by atoms with Crippen LogP contribution in [-0.4, -0.2) is 37.6 Å². The molecule has 2 heterocycles. The maximum absolute atomic E-state index is 13.9. The van der Waals surface area contributed by atoms with Gasteiger partial charge in [-0.15, -0.1) is 0 Å². The zero-order valence-corrected chi connectivity index (χ0v) is 18.7. The normalized spacial score (nSPS) is 11.7. The first-order chi connectivity index (χ1) is 14.8. The number of hydrogen-bond acceptors (Lipinski definition) is 6. The van der Waals surface area contributed by atoms with Gasteiger partial charge in [0.15, 0.2) is 5.56 Å². The number of nitrogens with one attached hydrogen (secondary N) is 2. The SMILES string of the molecule is CC(CNC(=O)Nc1snc(OCc2ccc(Br)cc2F)c1C(=O)O)Cn1ccnc1. The molecule has 0 saturated heterocycles. The molecular weight excluding hydrogens is 493 g/mol. The second-order valence-corrected chi connectivity index (χ2v) is 8.41. The Morgan fingerprint density at radius 2 is 2.23 bits per heavy atom. The van der Waals surface area contributed by atoms with Crippen LogP contribution in [0.3, 0.4) is 0 Å². The summed E-state index contributed by atoms with van der Waals surface area (Å²) >= 11 is 3.94. The van der Waals surface area contributed by atoms with Crippen molar-refractivity contribution in [3.05, 3.63) is 58.3 Å². The van der Waals surface area contributed by atoms with Gasteiger partial charge in [-0.2, -0.15) is 4.37 Å². The van der Waals surface area contributed by atoms with E-state index < -0.39 is 17.8 Å². The standard InChI is InChI=1S/C19H19BrFN5O4S/c1-11(8-26-5-4-22-10-26)7-23-19(29)24-17-15(18(27)28)16(25-31-17)30-9-12-2-3-13(20)6-14(12)21/h2-6,10-11H,7-9H2,1H3,(H,27,28)(H2,23,24,29). The Hall–Kier alpha value is -2.99. The van der Waals surface area contributed by atoms with Crippen molar-refractivity contribution < 1.29 is 23.8 Å². The molecule has 0 radical (unpaired) electrons. The molecule has 164 valence electrons. The van der Waals surface area contributed by atoms with Crippen LogP contribution in [0.1, 0.15) is 22.8 Å².